The molecule has 1 heterocycles. The number of carbonyl (C=O) groups is 2. The van der Waals surface area contributed by atoms with E-state index >= 15 is 0 Å². The Labute approximate surface area is 237 Å². The molecule has 216 valence electrons. The molecule has 2 saturated carbocycles. The minimum Gasteiger partial charge on any atom is -0.497 e. The van der Waals surface area contributed by atoms with Gasteiger partial charge < -0.3 is 20.7 Å². The van der Waals surface area contributed by atoms with Crippen LogP contribution in [0.5, 0.6) is 5.75 Å². The monoisotopic (exact) mass is 550 g/mol. The Hall–Kier alpha value is -2.97. The summed E-state index contributed by atoms with van der Waals surface area (Å²) >= 11 is 0. The first kappa shape index (κ1) is 28.6. The molecule has 3 fully saturated rings. The molecule has 0 bridgehead atoms. The number of nitrogens with one attached hydrogen (secondary N) is 1. The first-order chi connectivity index (χ1) is 19.4. The maximum absolute atomic E-state index is 13.8. The topological polar surface area (TPSA) is 87.9 Å². The van der Waals surface area contributed by atoms with Gasteiger partial charge in [0.15, 0.2) is 0 Å². The zero-order chi connectivity index (χ0) is 28.1. The van der Waals surface area contributed by atoms with Crippen LogP contribution in [0.4, 0.5) is 4.39 Å². The van der Waals surface area contributed by atoms with Crippen molar-refractivity contribution in [3.8, 4) is 5.75 Å². The van der Waals surface area contributed by atoms with Crippen molar-refractivity contribution in [2.45, 2.75) is 76.0 Å². The predicted octanol–water partition coefficient (Wildman–Crippen LogP) is 4.35. The number of rotatable bonds is 10. The summed E-state index contributed by atoms with van der Waals surface area (Å²) in [6.45, 7) is 2.61. The van der Waals surface area contributed by atoms with E-state index in [9.17, 15) is 14.0 Å². The molecule has 2 amide bonds. The summed E-state index contributed by atoms with van der Waals surface area (Å²) in [7, 11) is 1.67. The van der Waals surface area contributed by atoms with Crippen LogP contribution in [0.3, 0.4) is 0 Å². The van der Waals surface area contributed by atoms with E-state index in [1.165, 1.54) is 29.8 Å². The zero-order valence-electron chi connectivity index (χ0n) is 23.6. The maximum Gasteiger partial charge on any atom is 0.254 e. The Morgan fingerprint density at radius 3 is 2.38 bits per heavy atom. The lowest BCUT2D eigenvalue weighted by molar-refractivity contribution is -0.128. The lowest BCUT2D eigenvalue weighted by Gasteiger charge is -2.43. The Bertz CT molecular complexity index is 1140. The van der Waals surface area contributed by atoms with Crippen LogP contribution < -0.4 is 15.8 Å². The summed E-state index contributed by atoms with van der Waals surface area (Å²) in [4.78, 5) is 31.6. The number of amides is 2. The maximum atomic E-state index is 13.8. The third-order valence-corrected chi connectivity index (χ3v) is 9.03. The number of piperidine rings is 1. The number of ether oxygens (including phenoxy) is 1. The van der Waals surface area contributed by atoms with Gasteiger partial charge >= 0.3 is 0 Å². The minimum absolute atomic E-state index is 0.0878. The van der Waals surface area contributed by atoms with Crippen molar-refractivity contribution < 1.29 is 18.7 Å². The lowest BCUT2D eigenvalue weighted by atomic mass is 9.81. The average molecular weight is 551 g/mol. The van der Waals surface area contributed by atoms with Gasteiger partial charge in [-0.3, -0.25) is 14.5 Å². The Morgan fingerprint density at radius 1 is 0.975 bits per heavy atom. The van der Waals surface area contributed by atoms with Crippen LogP contribution in [0.25, 0.3) is 0 Å². The Morgan fingerprint density at radius 2 is 1.70 bits per heavy atom. The van der Waals surface area contributed by atoms with E-state index in [1.54, 1.807) is 12.0 Å². The highest BCUT2D eigenvalue weighted by Crippen LogP contribution is 2.35. The quantitative estimate of drug-likeness (QED) is 0.459. The van der Waals surface area contributed by atoms with Crippen LogP contribution in [0.2, 0.25) is 0 Å². The van der Waals surface area contributed by atoms with Crippen molar-refractivity contribution in [2.75, 3.05) is 26.7 Å². The van der Waals surface area contributed by atoms with E-state index in [1.807, 2.05) is 12.1 Å². The van der Waals surface area contributed by atoms with Gasteiger partial charge in [0.1, 0.15) is 17.6 Å². The second kappa shape index (κ2) is 13.1. The van der Waals surface area contributed by atoms with Gasteiger partial charge in [-0.25, -0.2) is 4.39 Å². The van der Waals surface area contributed by atoms with Crippen molar-refractivity contribution in [1.29, 1.82) is 0 Å². The number of hydrogen-bond acceptors (Lipinski definition) is 5. The summed E-state index contributed by atoms with van der Waals surface area (Å²) in [5.41, 5.74) is 7.55. The molecule has 1 saturated heterocycles. The van der Waals surface area contributed by atoms with Gasteiger partial charge in [0, 0.05) is 37.3 Å². The first-order valence-electron chi connectivity index (χ1n) is 14.9. The van der Waals surface area contributed by atoms with E-state index in [0.29, 0.717) is 49.5 Å². The van der Waals surface area contributed by atoms with Crippen LogP contribution in [-0.4, -0.2) is 66.5 Å². The summed E-state index contributed by atoms with van der Waals surface area (Å²) in [6, 6.07) is 13.9. The Balaban J connectivity index is 1.31. The van der Waals surface area contributed by atoms with Gasteiger partial charge in [0.05, 0.1) is 7.11 Å². The molecular formula is C32H43FN4O3. The van der Waals surface area contributed by atoms with Crippen LogP contribution in [0.1, 0.15) is 67.3 Å². The fourth-order valence-corrected chi connectivity index (χ4v) is 6.57. The summed E-state index contributed by atoms with van der Waals surface area (Å²) in [6.07, 6.45) is 8.14. The van der Waals surface area contributed by atoms with E-state index in [2.05, 4.69) is 22.3 Å². The molecule has 5 rings (SSSR count). The number of methoxy groups -OCH3 is 1. The minimum atomic E-state index is -0.567. The predicted molar refractivity (Wildman–Crippen MR) is 153 cm³/mol. The molecular weight excluding hydrogens is 507 g/mol. The van der Waals surface area contributed by atoms with Gasteiger partial charge in [-0.2, -0.15) is 0 Å². The number of nitrogens with two attached hydrogens (primary N) is 1. The molecule has 0 spiro atoms. The molecule has 2 aromatic rings. The molecule has 0 radical (unpaired) electrons. The molecule has 3 aliphatic rings. The van der Waals surface area contributed by atoms with Crippen LogP contribution in [0, 0.1) is 17.7 Å². The molecule has 1 aliphatic heterocycles. The summed E-state index contributed by atoms with van der Waals surface area (Å²) < 4.78 is 18.9. The fraction of sp³-hybridized carbons (Fsp3) is 0.562. The number of hydrogen-bond donors (Lipinski definition) is 2. The highest BCUT2D eigenvalue weighted by atomic mass is 19.1. The highest BCUT2D eigenvalue weighted by Gasteiger charge is 2.42. The molecule has 4 atom stereocenters. The smallest absolute Gasteiger partial charge is 0.254 e. The lowest BCUT2D eigenvalue weighted by Crippen LogP contribution is -2.58. The number of benzene rings is 2. The Kier molecular flexibility index (Phi) is 9.37. The molecule has 3 unspecified atom stereocenters. The SMILES string of the molecule is COc1ccc(CN(C2CC2)C2CCN(C(=O)c3ccc(F)cc3)[C@@H](C(=O)NCC3CCCC(CN)C3)C2)cc1. The van der Waals surface area contributed by atoms with E-state index in [0.717, 1.165) is 57.2 Å². The molecule has 3 N–H and O–H groups in total. The third kappa shape index (κ3) is 7.02. The van der Waals surface area contributed by atoms with Gasteiger partial charge in [-0.15, -0.1) is 0 Å². The number of likely N-dealkylation sites (tertiary alicyclic amines) is 1. The largest absolute Gasteiger partial charge is 0.497 e. The van der Waals surface area contributed by atoms with Crippen LogP contribution in [0.15, 0.2) is 48.5 Å². The van der Waals surface area contributed by atoms with Gasteiger partial charge in [-0.05, 0) is 105 Å². The molecule has 2 aromatic carbocycles. The number of carbonyl (C=O) groups excluding carboxylic acids is 2. The van der Waals surface area contributed by atoms with Crippen molar-refractivity contribution in [2.24, 2.45) is 17.6 Å². The van der Waals surface area contributed by atoms with E-state index < -0.39 is 6.04 Å². The summed E-state index contributed by atoms with van der Waals surface area (Å²) in [5, 5.41) is 3.21. The van der Waals surface area contributed by atoms with Gasteiger partial charge in [-0.1, -0.05) is 18.6 Å². The fourth-order valence-electron chi connectivity index (χ4n) is 6.57. The van der Waals surface area contributed by atoms with Crippen molar-refractivity contribution >= 4 is 11.8 Å². The van der Waals surface area contributed by atoms with Crippen LogP contribution in [-0.2, 0) is 11.3 Å². The first-order valence-corrected chi connectivity index (χ1v) is 14.9. The van der Waals surface area contributed by atoms with E-state index in [-0.39, 0.29) is 23.7 Å². The second-order valence-corrected chi connectivity index (χ2v) is 11.8. The number of nitrogens with zero attached hydrogens (tertiary/aromatic N) is 2. The summed E-state index contributed by atoms with van der Waals surface area (Å²) in [5.74, 6) is 1.09. The van der Waals surface area contributed by atoms with Crippen LogP contribution >= 0.6 is 0 Å². The zero-order valence-corrected chi connectivity index (χ0v) is 23.6. The molecule has 8 heteroatoms. The van der Waals surface area contributed by atoms with Crippen molar-refractivity contribution in [1.82, 2.24) is 15.1 Å². The van der Waals surface area contributed by atoms with Crippen molar-refractivity contribution in [3.63, 3.8) is 0 Å². The second-order valence-electron chi connectivity index (χ2n) is 11.8. The molecule has 40 heavy (non-hydrogen) atoms. The van der Waals surface area contributed by atoms with E-state index in [4.69, 9.17) is 10.5 Å². The van der Waals surface area contributed by atoms with Gasteiger partial charge in [0.25, 0.3) is 5.91 Å². The highest BCUT2D eigenvalue weighted by molar-refractivity contribution is 5.97. The van der Waals surface area contributed by atoms with Gasteiger partial charge in [0.2, 0.25) is 5.91 Å². The standard InChI is InChI=1S/C32H43FN4O3/c1-40-29-13-5-22(6-14-29)21-37(27-11-12-27)28-15-16-36(32(39)25-7-9-26(33)10-8-25)30(18-28)31(38)35-20-24-4-2-3-23(17-24)19-34/h5-10,13-14,23-24,27-28,30H,2-4,11-12,15-21,34H2,1H3,(H,35,38)/t23?,24?,28?,30-/m1/s1. The molecule has 0 aromatic heterocycles. The molecule has 2 aliphatic carbocycles. The molecule has 7 nitrogen and oxygen atoms in total. The van der Waals surface area contributed by atoms with Crippen molar-refractivity contribution in [3.05, 3.63) is 65.5 Å². The number of halogens is 1. The normalized spacial score (nSPS) is 25.1. The third-order valence-electron chi connectivity index (χ3n) is 9.03. The average Bonchev–Trinajstić information content (AvgIpc) is 3.84.